The van der Waals surface area contributed by atoms with Crippen molar-refractivity contribution in [2.24, 2.45) is 11.7 Å². The molecule has 0 bridgehead atoms. The molecule has 1 atom stereocenters. The lowest BCUT2D eigenvalue weighted by molar-refractivity contribution is -0.123. The van der Waals surface area contributed by atoms with E-state index in [1.807, 2.05) is 0 Å². The number of amides is 1. The normalized spacial score (nSPS) is 19.9. The monoisotopic (exact) mass is 268 g/mol. The molecule has 0 aromatic heterocycles. The van der Waals surface area contributed by atoms with Crippen LogP contribution in [-0.2, 0) is 4.79 Å². The van der Waals surface area contributed by atoms with Crippen molar-refractivity contribution in [3.8, 4) is 0 Å². The highest BCUT2D eigenvalue weighted by molar-refractivity contribution is 5.76. The van der Waals surface area contributed by atoms with Crippen molar-refractivity contribution in [3.63, 3.8) is 0 Å². The van der Waals surface area contributed by atoms with Crippen LogP contribution < -0.4 is 11.1 Å². The van der Waals surface area contributed by atoms with Crippen LogP contribution in [0.15, 0.2) is 0 Å². The Bertz CT molecular complexity index is 253. The molecular formula is C16H32N2O. The van der Waals surface area contributed by atoms with Gasteiger partial charge < -0.3 is 11.1 Å². The Kier molecular flexibility index (Phi) is 7.44. The minimum atomic E-state index is 0.0590. The van der Waals surface area contributed by atoms with Gasteiger partial charge in [0.1, 0.15) is 0 Å². The van der Waals surface area contributed by atoms with Crippen molar-refractivity contribution >= 4 is 5.91 Å². The lowest BCUT2D eigenvalue weighted by atomic mass is 9.83. The number of hydrogen-bond donors (Lipinski definition) is 2. The van der Waals surface area contributed by atoms with Crippen molar-refractivity contribution in [1.82, 2.24) is 5.32 Å². The van der Waals surface area contributed by atoms with Crippen molar-refractivity contribution < 1.29 is 4.79 Å². The Morgan fingerprint density at radius 1 is 1.21 bits per heavy atom. The quantitative estimate of drug-likeness (QED) is 0.709. The number of rotatable bonds is 8. The van der Waals surface area contributed by atoms with E-state index in [0.717, 1.165) is 32.2 Å². The summed E-state index contributed by atoms with van der Waals surface area (Å²) in [7, 11) is 0. The fraction of sp³-hybridized carbons (Fsp3) is 0.938. The SMILES string of the molecule is CCCC(CCN)CCC(=O)NC1(C)CCCCC1. The first-order valence-electron chi connectivity index (χ1n) is 8.10. The average molecular weight is 268 g/mol. The molecule has 3 heteroatoms. The van der Waals surface area contributed by atoms with Crippen LogP contribution in [0.2, 0.25) is 0 Å². The maximum atomic E-state index is 12.1. The van der Waals surface area contributed by atoms with Gasteiger partial charge in [0.25, 0.3) is 0 Å². The number of hydrogen-bond acceptors (Lipinski definition) is 2. The van der Waals surface area contributed by atoms with Crippen molar-refractivity contribution in [1.29, 1.82) is 0 Å². The maximum absolute atomic E-state index is 12.1. The van der Waals surface area contributed by atoms with Crippen LogP contribution in [0.25, 0.3) is 0 Å². The molecule has 1 rings (SSSR count). The molecule has 0 aliphatic heterocycles. The van der Waals surface area contributed by atoms with E-state index in [0.29, 0.717) is 12.3 Å². The second-order valence-electron chi connectivity index (χ2n) is 6.44. The molecule has 1 amide bonds. The molecule has 19 heavy (non-hydrogen) atoms. The van der Waals surface area contributed by atoms with Gasteiger partial charge in [-0.2, -0.15) is 0 Å². The largest absolute Gasteiger partial charge is 0.351 e. The molecule has 0 aromatic rings. The Morgan fingerprint density at radius 2 is 1.89 bits per heavy atom. The lowest BCUT2D eigenvalue weighted by Crippen LogP contribution is -2.47. The Balaban J connectivity index is 2.29. The van der Waals surface area contributed by atoms with Gasteiger partial charge in [-0.05, 0) is 45.1 Å². The van der Waals surface area contributed by atoms with E-state index in [-0.39, 0.29) is 11.4 Å². The predicted molar refractivity (Wildman–Crippen MR) is 80.9 cm³/mol. The van der Waals surface area contributed by atoms with E-state index < -0.39 is 0 Å². The van der Waals surface area contributed by atoms with Crippen molar-refractivity contribution in [2.45, 2.75) is 83.6 Å². The van der Waals surface area contributed by atoms with E-state index in [2.05, 4.69) is 19.2 Å². The van der Waals surface area contributed by atoms with E-state index in [9.17, 15) is 4.79 Å². The second kappa shape index (κ2) is 8.57. The van der Waals surface area contributed by atoms with Gasteiger partial charge in [-0.3, -0.25) is 4.79 Å². The number of nitrogens with two attached hydrogens (primary N) is 1. The van der Waals surface area contributed by atoms with Crippen LogP contribution in [0.1, 0.15) is 78.1 Å². The summed E-state index contributed by atoms with van der Waals surface area (Å²) < 4.78 is 0. The molecule has 1 saturated carbocycles. The highest BCUT2D eigenvalue weighted by atomic mass is 16.1. The smallest absolute Gasteiger partial charge is 0.220 e. The van der Waals surface area contributed by atoms with Crippen LogP contribution in [0.4, 0.5) is 0 Å². The molecule has 3 N–H and O–H groups in total. The third-order valence-corrected chi connectivity index (χ3v) is 4.45. The fourth-order valence-corrected chi connectivity index (χ4v) is 3.27. The summed E-state index contributed by atoms with van der Waals surface area (Å²) in [6.45, 7) is 5.14. The third kappa shape index (κ3) is 6.42. The van der Waals surface area contributed by atoms with Gasteiger partial charge in [0, 0.05) is 12.0 Å². The summed E-state index contributed by atoms with van der Waals surface area (Å²) in [4.78, 5) is 12.1. The standard InChI is InChI=1S/C16H32N2O/c1-3-7-14(10-13-17)8-9-15(19)18-16(2)11-5-4-6-12-16/h14H,3-13,17H2,1-2H3,(H,18,19). The van der Waals surface area contributed by atoms with Crippen LogP contribution >= 0.6 is 0 Å². The summed E-state index contributed by atoms with van der Waals surface area (Å²) in [6.07, 6.45) is 11.2. The summed E-state index contributed by atoms with van der Waals surface area (Å²) >= 11 is 0. The average Bonchev–Trinajstić information content (AvgIpc) is 2.37. The summed E-state index contributed by atoms with van der Waals surface area (Å²) in [5, 5.41) is 3.26. The summed E-state index contributed by atoms with van der Waals surface area (Å²) in [6, 6.07) is 0. The Hall–Kier alpha value is -0.570. The van der Waals surface area contributed by atoms with Gasteiger partial charge in [0.05, 0.1) is 0 Å². The first-order chi connectivity index (χ1) is 9.09. The van der Waals surface area contributed by atoms with Gasteiger partial charge in [0.2, 0.25) is 5.91 Å². The van der Waals surface area contributed by atoms with Gasteiger partial charge in [-0.1, -0.05) is 39.0 Å². The van der Waals surface area contributed by atoms with Crippen LogP contribution in [0, 0.1) is 5.92 Å². The molecule has 0 aromatic carbocycles. The first-order valence-corrected chi connectivity index (χ1v) is 8.10. The number of carbonyl (C=O) groups excluding carboxylic acids is 1. The minimum absolute atomic E-state index is 0.0590. The molecule has 1 aliphatic rings. The predicted octanol–water partition coefficient (Wildman–Crippen LogP) is 3.37. The third-order valence-electron chi connectivity index (χ3n) is 4.45. The Morgan fingerprint density at radius 3 is 2.47 bits per heavy atom. The van der Waals surface area contributed by atoms with E-state index in [1.54, 1.807) is 0 Å². The van der Waals surface area contributed by atoms with Crippen molar-refractivity contribution in [2.75, 3.05) is 6.54 Å². The topological polar surface area (TPSA) is 55.1 Å². The van der Waals surface area contributed by atoms with E-state index in [4.69, 9.17) is 5.73 Å². The van der Waals surface area contributed by atoms with Gasteiger partial charge >= 0.3 is 0 Å². The zero-order chi connectivity index (χ0) is 14.1. The lowest BCUT2D eigenvalue weighted by Gasteiger charge is -2.34. The summed E-state index contributed by atoms with van der Waals surface area (Å²) in [5.74, 6) is 0.863. The number of nitrogens with one attached hydrogen (secondary N) is 1. The minimum Gasteiger partial charge on any atom is -0.351 e. The molecule has 112 valence electrons. The van der Waals surface area contributed by atoms with E-state index >= 15 is 0 Å². The van der Waals surface area contributed by atoms with Gasteiger partial charge in [-0.25, -0.2) is 0 Å². The zero-order valence-electron chi connectivity index (χ0n) is 12.8. The Labute approximate surface area is 118 Å². The number of carbonyl (C=O) groups is 1. The molecule has 1 aliphatic carbocycles. The van der Waals surface area contributed by atoms with E-state index in [1.165, 1.54) is 32.1 Å². The second-order valence-corrected chi connectivity index (χ2v) is 6.44. The highest BCUT2D eigenvalue weighted by Crippen LogP contribution is 2.27. The van der Waals surface area contributed by atoms with Crippen molar-refractivity contribution in [3.05, 3.63) is 0 Å². The molecule has 0 spiro atoms. The first kappa shape index (κ1) is 16.5. The molecule has 3 nitrogen and oxygen atoms in total. The molecule has 0 radical (unpaired) electrons. The zero-order valence-corrected chi connectivity index (χ0v) is 12.8. The summed E-state index contributed by atoms with van der Waals surface area (Å²) in [5.41, 5.74) is 5.69. The molecule has 1 unspecified atom stereocenters. The van der Waals surface area contributed by atoms with Gasteiger partial charge in [-0.15, -0.1) is 0 Å². The molecule has 0 saturated heterocycles. The molecule has 0 heterocycles. The molecule has 1 fully saturated rings. The maximum Gasteiger partial charge on any atom is 0.220 e. The van der Waals surface area contributed by atoms with Gasteiger partial charge in [0.15, 0.2) is 0 Å². The van der Waals surface area contributed by atoms with Crippen LogP contribution in [0.5, 0.6) is 0 Å². The molecular weight excluding hydrogens is 236 g/mol. The van der Waals surface area contributed by atoms with Crippen LogP contribution in [-0.4, -0.2) is 18.0 Å². The fourth-order valence-electron chi connectivity index (χ4n) is 3.27. The highest BCUT2D eigenvalue weighted by Gasteiger charge is 2.28. The van der Waals surface area contributed by atoms with Crippen LogP contribution in [0.3, 0.4) is 0 Å².